The molecule has 0 bridgehead atoms. The van der Waals surface area contributed by atoms with Gasteiger partial charge in [-0.1, -0.05) is 32.0 Å². The highest BCUT2D eigenvalue weighted by Gasteiger charge is 2.08. The quantitative estimate of drug-likeness (QED) is 0.377. The van der Waals surface area contributed by atoms with Crippen LogP contribution < -0.4 is 10.6 Å². The van der Waals surface area contributed by atoms with Crippen LogP contribution in [0.25, 0.3) is 5.69 Å². The molecule has 6 heteroatoms. The van der Waals surface area contributed by atoms with Gasteiger partial charge in [-0.05, 0) is 37.3 Å². The lowest BCUT2D eigenvalue weighted by Gasteiger charge is -2.19. The maximum atomic E-state index is 4.34. The van der Waals surface area contributed by atoms with Gasteiger partial charge in [0.25, 0.3) is 0 Å². The van der Waals surface area contributed by atoms with E-state index in [1.54, 1.807) is 6.20 Å². The summed E-state index contributed by atoms with van der Waals surface area (Å²) in [6.07, 6.45) is 7.93. The molecule has 2 N–H and O–H groups in total. The first-order chi connectivity index (χ1) is 11.6. The SMILES string of the molecule is CN=C(NCc1ccccc1-n1ccnc1)NC(C)CCC(C)C.I. The van der Waals surface area contributed by atoms with E-state index < -0.39 is 0 Å². The molecule has 2 rings (SSSR count). The zero-order valence-electron chi connectivity index (χ0n) is 15.6. The van der Waals surface area contributed by atoms with Crippen molar-refractivity contribution in [2.45, 2.75) is 46.2 Å². The Kier molecular flexibility index (Phi) is 9.55. The van der Waals surface area contributed by atoms with E-state index in [0.29, 0.717) is 12.6 Å². The largest absolute Gasteiger partial charge is 0.354 e. The van der Waals surface area contributed by atoms with E-state index in [-0.39, 0.29) is 24.0 Å². The van der Waals surface area contributed by atoms with Crippen LogP contribution in [0.2, 0.25) is 0 Å². The molecule has 2 aromatic rings. The third-order valence-corrected chi connectivity index (χ3v) is 4.00. The summed E-state index contributed by atoms with van der Waals surface area (Å²) in [6.45, 7) is 7.43. The summed E-state index contributed by atoms with van der Waals surface area (Å²) in [6, 6.07) is 8.72. The van der Waals surface area contributed by atoms with Crippen LogP contribution in [0.15, 0.2) is 48.0 Å². The Morgan fingerprint density at radius 1 is 1.20 bits per heavy atom. The van der Waals surface area contributed by atoms with E-state index in [0.717, 1.165) is 24.0 Å². The number of halogens is 1. The van der Waals surface area contributed by atoms with E-state index in [1.165, 1.54) is 12.0 Å². The zero-order chi connectivity index (χ0) is 17.4. The van der Waals surface area contributed by atoms with Gasteiger partial charge in [0.15, 0.2) is 5.96 Å². The van der Waals surface area contributed by atoms with Gasteiger partial charge in [0.05, 0.1) is 12.0 Å². The first kappa shape index (κ1) is 21.5. The van der Waals surface area contributed by atoms with Crippen molar-refractivity contribution in [3.8, 4) is 5.69 Å². The van der Waals surface area contributed by atoms with E-state index in [4.69, 9.17) is 0 Å². The highest BCUT2D eigenvalue weighted by atomic mass is 127. The molecule has 138 valence electrons. The molecule has 0 aliphatic heterocycles. The molecule has 1 atom stereocenters. The second-order valence-corrected chi connectivity index (χ2v) is 6.54. The molecule has 0 aliphatic rings. The van der Waals surface area contributed by atoms with Crippen molar-refractivity contribution < 1.29 is 0 Å². The minimum Gasteiger partial charge on any atom is -0.354 e. The van der Waals surface area contributed by atoms with Crippen molar-refractivity contribution in [2.75, 3.05) is 7.05 Å². The number of guanidine groups is 1. The highest BCUT2D eigenvalue weighted by Crippen LogP contribution is 2.13. The Hall–Kier alpha value is -1.57. The molecule has 0 fully saturated rings. The smallest absolute Gasteiger partial charge is 0.191 e. The fourth-order valence-corrected chi connectivity index (χ4v) is 2.58. The van der Waals surface area contributed by atoms with Gasteiger partial charge in [-0.3, -0.25) is 4.99 Å². The number of aliphatic imine (C=N–C) groups is 1. The molecule has 25 heavy (non-hydrogen) atoms. The number of benzene rings is 1. The molecular weight excluding hydrogens is 425 g/mol. The molecule has 0 saturated heterocycles. The number of hydrogen-bond acceptors (Lipinski definition) is 2. The predicted octanol–water partition coefficient (Wildman–Crippen LogP) is 3.98. The fourth-order valence-electron chi connectivity index (χ4n) is 2.58. The molecule has 0 aliphatic carbocycles. The van der Waals surface area contributed by atoms with Gasteiger partial charge >= 0.3 is 0 Å². The molecule has 0 saturated carbocycles. The summed E-state index contributed by atoms with van der Waals surface area (Å²) < 4.78 is 2.03. The van der Waals surface area contributed by atoms with Gasteiger partial charge in [-0.2, -0.15) is 0 Å². The normalized spacial score (nSPS) is 12.6. The molecular formula is C19H30IN5. The maximum Gasteiger partial charge on any atom is 0.191 e. The van der Waals surface area contributed by atoms with Crippen LogP contribution in [-0.4, -0.2) is 28.6 Å². The topological polar surface area (TPSA) is 54.2 Å². The van der Waals surface area contributed by atoms with Gasteiger partial charge in [0, 0.05) is 32.0 Å². The standard InChI is InChI=1S/C19H29N5.HI/c1-15(2)9-10-16(3)23-19(20-4)22-13-17-7-5-6-8-18(17)24-12-11-21-14-24;/h5-8,11-12,14-16H,9-10,13H2,1-4H3,(H2,20,22,23);1H. The first-order valence-electron chi connectivity index (χ1n) is 8.63. The summed E-state index contributed by atoms with van der Waals surface area (Å²) >= 11 is 0. The van der Waals surface area contributed by atoms with E-state index in [1.807, 2.05) is 30.2 Å². The molecule has 0 radical (unpaired) electrons. The molecule has 5 nitrogen and oxygen atoms in total. The third kappa shape index (κ3) is 7.05. The van der Waals surface area contributed by atoms with Crippen LogP contribution in [0.3, 0.4) is 0 Å². The van der Waals surface area contributed by atoms with Gasteiger partial charge in [0.1, 0.15) is 0 Å². The number of rotatable bonds is 7. The summed E-state index contributed by atoms with van der Waals surface area (Å²) in [4.78, 5) is 8.47. The molecule has 1 heterocycles. The van der Waals surface area contributed by atoms with E-state index >= 15 is 0 Å². The first-order valence-corrected chi connectivity index (χ1v) is 8.63. The third-order valence-electron chi connectivity index (χ3n) is 4.00. The van der Waals surface area contributed by atoms with Crippen LogP contribution in [0.1, 0.15) is 39.2 Å². The fraction of sp³-hybridized carbons (Fsp3) is 0.474. The van der Waals surface area contributed by atoms with Crippen LogP contribution in [0.4, 0.5) is 0 Å². The lowest BCUT2D eigenvalue weighted by Crippen LogP contribution is -2.42. The molecule has 1 unspecified atom stereocenters. The lowest BCUT2D eigenvalue weighted by molar-refractivity contribution is 0.489. The molecule has 0 amide bonds. The zero-order valence-corrected chi connectivity index (χ0v) is 17.9. The second kappa shape index (κ2) is 11.1. The van der Waals surface area contributed by atoms with Gasteiger partial charge in [0.2, 0.25) is 0 Å². The minimum atomic E-state index is 0. The van der Waals surface area contributed by atoms with E-state index in [2.05, 4.69) is 59.6 Å². The van der Waals surface area contributed by atoms with Crippen molar-refractivity contribution in [2.24, 2.45) is 10.9 Å². The minimum absolute atomic E-state index is 0. The van der Waals surface area contributed by atoms with Crippen LogP contribution >= 0.6 is 24.0 Å². The summed E-state index contributed by atoms with van der Waals surface area (Å²) in [7, 11) is 1.81. The highest BCUT2D eigenvalue weighted by molar-refractivity contribution is 14.0. The molecule has 1 aromatic carbocycles. The number of imidazole rings is 1. The number of hydrogen-bond donors (Lipinski definition) is 2. The van der Waals surface area contributed by atoms with Gasteiger partial charge in [-0.15, -0.1) is 24.0 Å². The Bertz CT molecular complexity index is 637. The number of nitrogens with zero attached hydrogens (tertiary/aromatic N) is 3. The van der Waals surface area contributed by atoms with Crippen LogP contribution in [0.5, 0.6) is 0 Å². The van der Waals surface area contributed by atoms with Crippen molar-refractivity contribution in [3.05, 3.63) is 48.5 Å². The average molecular weight is 455 g/mol. The average Bonchev–Trinajstić information content (AvgIpc) is 3.11. The summed E-state index contributed by atoms with van der Waals surface area (Å²) in [5.74, 6) is 1.57. The molecule has 1 aromatic heterocycles. The lowest BCUT2D eigenvalue weighted by atomic mass is 10.0. The van der Waals surface area contributed by atoms with Crippen LogP contribution in [-0.2, 0) is 6.54 Å². The van der Waals surface area contributed by atoms with Gasteiger partial charge in [-0.25, -0.2) is 4.98 Å². The predicted molar refractivity (Wildman–Crippen MR) is 116 cm³/mol. The van der Waals surface area contributed by atoms with Crippen molar-refractivity contribution in [1.29, 1.82) is 0 Å². The Balaban J connectivity index is 0.00000312. The summed E-state index contributed by atoms with van der Waals surface area (Å²) in [5.41, 5.74) is 2.33. The summed E-state index contributed by atoms with van der Waals surface area (Å²) in [5, 5.41) is 6.88. The Morgan fingerprint density at radius 3 is 2.60 bits per heavy atom. The van der Waals surface area contributed by atoms with E-state index in [9.17, 15) is 0 Å². The second-order valence-electron chi connectivity index (χ2n) is 6.54. The number of para-hydroxylation sites is 1. The monoisotopic (exact) mass is 455 g/mol. The van der Waals surface area contributed by atoms with Crippen LogP contribution in [0, 0.1) is 5.92 Å². The van der Waals surface area contributed by atoms with Crippen molar-refractivity contribution >= 4 is 29.9 Å². The van der Waals surface area contributed by atoms with Gasteiger partial charge < -0.3 is 15.2 Å². The molecule has 0 spiro atoms. The number of aromatic nitrogens is 2. The van der Waals surface area contributed by atoms with Crippen molar-refractivity contribution in [1.82, 2.24) is 20.2 Å². The maximum absolute atomic E-state index is 4.34. The Labute approximate surface area is 168 Å². The number of nitrogens with one attached hydrogen (secondary N) is 2. The Morgan fingerprint density at radius 2 is 1.96 bits per heavy atom. The van der Waals surface area contributed by atoms with Crippen molar-refractivity contribution in [3.63, 3.8) is 0 Å².